The van der Waals surface area contributed by atoms with Gasteiger partial charge in [0.1, 0.15) is 0 Å². The molecule has 2 heterocycles. The molecule has 1 N–H and O–H groups in total. The van der Waals surface area contributed by atoms with Crippen LogP contribution in [-0.4, -0.2) is 53.7 Å². The predicted molar refractivity (Wildman–Crippen MR) is 57.5 cm³/mol. The summed E-state index contributed by atoms with van der Waals surface area (Å²) in [4.78, 5) is 15.7. The molecule has 15 heavy (non-hydrogen) atoms. The first kappa shape index (κ1) is 10.7. The number of urea groups is 1. The number of amides is 2. The number of rotatable bonds is 1. The summed E-state index contributed by atoms with van der Waals surface area (Å²) in [6.45, 7) is 5.73. The molecule has 0 saturated carbocycles. The van der Waals surface area contributed by atoms with E-state index in [2.05, 4.69) is 6.92 Å². The van der Waals surface area contributed by atoms with Crippen LogP contribution in [0.25, 0.3) is 0 Å². The third-order valence-electron chi connectivity index (χ3n) is 3.54. The first-order valence-corrected chi connectivity index (χ1v) is 5.85. The van der Waals surface area contributed by atoms with Crippen LogP contribution in [0.2, 0.25) is 0 Å². The average Bonchev–Trinajstić information content (AvgIpc) is 2.17. The zero-order valence-electron chi connectivity index (χ0n) is 9.35. The van der Waals surface area contributed by atoms with Gasteiger partial charge in [0.05, 0.1) is 0 Å². The van der Waals surface area contributed by atoms with Crippen LogP contribution in [0.5, 0.6) is 0 Å². The minimum absolute atomic E-state index is 0.173. The van der Waals surface area contributed by atoms with Gasteiger partial charge in [-0.2, -0.15) is 0 Å². The van der Waals surface area contributed by atoms with Crippen molar-refractivity contribution in [1.82, 2.24) is 9.80 Å². The monoisotopic (exact) mass is 212 g/mol. The smallest absolute Gasteiger partial charge is 0.320 e. The van der Waals surface area contributed by atoms with E-state index in [4.69, 9.17) is 5.11 Å². The Kier molecular flexibility index (Phi) is 3.14. The van der Waals surface area contributed by atoms with Gasteiger partial charge in [0.2, 0.25) is 0 Å². The molecule has 0 bridgehead atoms. The van der Waals surface area contributed by atoms with Gasteiger partial charge in [0.25, 0.3) is 0 Å². The summed E-state index contributed by atoms with van der Waals surface area (Å²) in [7, 11) is 0. The molecule has 4 nitrogen and oxygen atoms in total. The van der Waals surface area contributed by atoms with Gasteiger partial charge in [-0.3, -0.25) is 0 Å². The molecule has 2 aliphatic heterocycles. The van der Waals surface area contributed by atoms with Crippen molar-refractivity contribution < 1.29 is 9.90 Å². The van der Waals surface area contributed by atoms with Crippen LogP contribution in [0.15, 0.2) is 0 Å². The van der Waals surface area contributed by atoms with Crippen LogP contribution in [0.3, 0.4) is 0 Å². The second-order valence-corrected chi connectivity index (χ2v) is 4.91. The van der Waals surface area contributed by atoms with E-state index in [0.29, 0.717) is 5.92 Å². The van der Waals surface area contributed by atoms with Crippen molar-refractivity contribution in [2.75, 3.05) is 32.8 Å². The van der Waals surface area contributed by atoms with E-state index in [1.54, 1.807) is 0 Å². The Balaban J connectivity index is 1.77. The Morgan fingerprint density at radius 2 is 1.87 bits per heavy atom. The van der Waals surface area contributed by atoms with E-state index < -0.39 is 0 Å². The standard InChI is InChI=1S/C11H20N2O2/c1-9-2-4-12(5-3-9)11(15)13-6-10(7-13)8-14/h9-10,14H,2-8H2,1H3. The van der Waals surface area contributed by atoms with Gasteiger partial charge >= 0.3 is 6.03 Å². The molecular formula is C11H20N2O2. The lowest BCUT2D eigenvalue weighted by Gasteiger charge is -2.42. The Bertz CT molecular complexity index is 231. The molecule has 0 aliphatic carbocycles. The first-order chi connectivity index (χ1) is 7.20. The van der Waals surface area contributed by atoms with Crippen molar-refractivity contribution in [2.45, 2.75) is 19.8 Å². The number of aliphatic hydroxyl groups excluding tert-OH is 1. The van der Waals surface area contributed by atoms with Crippen molar-refractivity contribution in [3.8, 4) is 0 Å². The number of piperidine rings is 1. The molecule has 2 aliphatic rings. The predicted octanol–water partition coefficient (Wildman–Crippen LogP) is 0.762. The quantitative estimate of drug-likeness (QED) is 0.697. The van der Waals surface area contributed by atoms with Crippen molar-refractivity contribution in [2.24, 2.45) is 11.8 Å². The molecule has 0 radical (unpaired) electrons. The summed E-state index contributed by atoms with van der Waals surface area (Å²) in [6.07, 6.45) is 2.26. The normalized spacial score (nSPS) is 24.1. The second-order valence-electron chi connectivity index (χ2n) is 4.91. The molecule has 2 rings (SSSR count). The SMILES string of the molecule is CC1CCN(C(=O)N2CC(CO)C2)CC1. The van der Waals surface area contributed by atoms with Crippen LogP contribution >= 0.6 is 0 Å². The van der Waals surface area contributed by atoms with Gasteiger partial charge in [-0.15, -0.1) is 0 Å². The molecule has 2 fully saturated rings. The van der Waals surface area contributed by atoms with Gasteiger partial charge in [-0.1, -0.05) is 6.92 Å². The zero-order valence-corrected chi connectivity index (χ0v) is 9.35. The number of likely N-dealkylation sites (tertiary alicyclic amines) is 2. The highest BCUT2D eigenvalue weighted by atomic mass is 16.3. The van der Waals surface area contributed by atoms with E-state index in [1.165, 1.54) is 0 Å². The average molecular weight is 212 g/mol. The lowest BCUT2D eigenvalue weighted by atomic mass is 9.98. The highest BCUT2D eigenvalue weighted by Crippen LogP contribution is 2.21. The molecule has 0 atom stereocenters. The number of hydrogen-bond donors (Lipinski definition) is 1. The van der Waals surface area contributed by atoms with Gasteiger partial charge < -0.3 is 14.9 Å². The van der Waals surface area contributed by atoms with E-state index in [1.807, 2.05) is 9.80 Å². The number of hydrogen-bond acceptors (Lipinski definition) is 2. The third-order valence-corrected chi connectivity index (χ3v) is 3.54. The second kappa shape index (κ2) is 4.39. The molecular weight excluding hydrogens is 192 g/mol. The number of aliphatic hydroxyl groups is 1. The van der Waals surface area contributed by atoms with Crippen molar-refractivity contribution in [3.63, 3.8) is 0 Å². The third kappa shape index (κ3) is 2.25. The summed E-state index contributed by atoms with van der Waals surface area (Å²) >= 11 is 0. The zero-order chi connectivity index (χ0) is 10.8. The minimum Gasteiger partial charge on any atom is -0.396 e. The van der Waals surface area contributed by atoms with E-state index in [-0.39, 0.29) is 12.6 Å². The fraction of sp³-hybridized carbons (Fsp3) is 0.909. The molecule has 2 saturated heterocycles. The van der Waals surface area contributed by atoms with Crippen LogP contribution in [-0.2, 0) is 0 Å². The number of nitrogens with zero attached hydrogens (tertiary/aromatic N) is 2. The molecule has 4 heteroatoms. The molecule has 2 amide bonds. The Labute approximate surface area is 90.9 Å². The summed E-state index contributed by atoms with van der Waals surface area (Å²) in [5.74, 6) is 1.08. The largest absolute Gasteiger partial charge is 0.396 e. The fourth-order valence-electron chi connectivity index (χ4n) is 2.24. The molecule has 0 aromatic carbocycles. The Hall–Kier alpha value is -0.770. The summed E-state index contributed by atoms with van der Waals surface area (Å²) in [6, 6.07) is 0.173. The number of carbonyl (C=O) groups excluding carboxylic acids is 1. The number of carbonyl (C=O) groups is 1. The van der Waals surface area contributed by atoms with E-state index in [9.17, 15) is 4.79 Å². The van der Waals surface area contributed by atoms with Crippen LogP contribution < -0.4 is 0 Å². The molecule has 0 aromatic heterocycles. The molecule has 0 spiro atoms. The maximum absolute atomic E-state index is 11.9. The lowest BCUT2D eigenvalue weighted by molar-refractivity contribution is 0.0539. The summed E-state index contributed by atoms with van der Waals surface area (Å²) in [5.41, 5.74) is 0. The molecule has 0 aromatic rings. The lowest BCUT2D eigenvalue weighted by Crippen LogP contribution is -2.56. The Morgan fingerprint density at radius 3 is 2.40 bits per heavy atom. The summed E-state index contributed by atoms with van der Waals surface area (Å²) < 4.78 is 0. The van der Waals surface area contributed by atoms with Crippen LogP contribution in [0.4, 0.5) is 4.79 Å². The van der Waals surface area contributed by atoms with Gasteiger partial charge in [0, 0.05) is 38.7 Å². The van der Waals surface area contributed by atoms with Crippen LogP contribution in [0, 0.1) is 11.8 Å². The molecule has 0 unspecified atom stereocenters. The van der Waals surface area contributed by atoms with Crippen molar-refractivity contribution >= 4 is 6.03 Å². The fourth-order valence-corrected chi connectivity index (χ4v) is 2.24. The minimum atomic E-state index is 0.173. The van der Waals surface area contributed by atoms with Crippen LogP contribution in [0.1, 0.15) is 19.8 Å². The topological polar surface area (TPSA) is 43.8 Å². The van der Waals surface area contributed by atoms with Gasteiger partial charge in [-0.05, 0) is 18.8 Å². The van der Waals surface area contributed by atoms with E-state index in [0.717, 1.165) is 44.9 Å². The maximum atomic E-state index is 11.9. The summed E-state index contributed by atoms with van der Waals surface area (Å²) in [5, 5.41) is 8.88. The van der Waals surface area contributed by atoms with Crippen molar-refractivity contribution in [1.29, 1.82) is 0 Å². The Morgan fingerprint density at radius 1 is 1.27 bits per heavy atom. The van der Waals surface area contributed by atoms with Gasteiger partial charge in [0.15, 0.2) is 0 Å². The molecule has 86 valence electrons. The highest BCUT2D eigenvalue weighted by Gasteiger charge is 2.33. The van der Waals surface area contributed by atoms with Crippen molar-refractivity contribution in [3.05, 3.63) is 0 Å². The highest BCUT2D eigenvalue weighted by molar-refractivity contribution is 5.75. The van der Waals surface area contributed by atoms with E-state index >= 15 is 0 Å². The van der Waals surface area contributed by atoms with Gasteiger partial charge in [-0.25, -0.2) is 4.79 Å². The first-order valence-electron chi connectivity index (χ1n) is 5.85. The maximum Gasteiger partial charge on any atom is 0.320 e.